The summed E-state index contributed by atoms with van der Waals surface area (Å²) < 4.78 is 21.9. The molecule has 0 bridgehead atoms. The van der Waals surface area contributed by atoms with Crippen molar-refractivity contribution < 1.29 is 23.4 Å². The predicted octanol–water partition coefficient (Wildman–Crippen LogP) is 4.02. The Balaban J connectivity index is 1.39. The number of hydrogen-bond donors (Lipinski definition) is 0. The number of aryl methyl sites for hydroxylation is 1. The molecule has 0 amide bonds. The highest BCUT2D eigenvalue weighted by atomic mass is 16.5. The molecule has 6 nitrogen and oxygen atoms in total. The van der Waals surface area contributed by atoms with Gasteiger partial charge in [0, 0.05) is 23.6 Å². The number of esters is 1. The van der Waals surface area contributed by atoms with Crippen molar-refractivity contribution in [2.24, 2.45) is 0 Å². The number of ether oxygens (including phenoxy) is 3. The molecule has 1 fully saturated rings. The van der Waals surface area contributed by atoms with Gasteiger partial charge in [-0.2, -0.15) is 0 Å². The molecule has 0 saturated carbocycles. The first-order valence-corrected chi connectivity index (χ1v) is 9.63. The zero-order valence-corrected chi connectivity index (χ0v) is 16.2. The number of carbonyl (C=O) groups is 1. The summed E-state index contributed by atoms with van der Waals surface area (Å²) in [5.74, 6) is 0.211. The highest BCUT2D eigenvalue weighted by Gasteiger charge is 2.16. The fraction of sp³-hybridized carbons (Fsp3) is 0.304. The van der Waals surface area contributed by atoms with Gasteiger partial charge in [-0.05, 0) is 55.7 Å². The van der Waals surface area contributed by atoms with Gasteiger partial charge in [0.15, 0.2) is 0 Å². The van der Waals surface area contributed by atoms with Crippen molar-refractivity contribution in [2.45, 2.75) is 32.5 Å². The summed E-state index contributed by atoms with van der Waals surface area (Å²) in [5.41, 5.74) is 2.02. The third-order valence-electron chi connectivity index (χ3n) is 4.89. The van der Waals surface area contributed by atoms with E-state index in [0.717, 1.165) is 30.4 Å². The Kier molecular flexibility index (Phi) is 5.62. The van der Waals surface area contributed by atoms with E-state index in [1.54, 1.807) is 30.3 Å². The lowest BCUT2D eigenvalue weighted by molar-refractivity contribution is 0.0473. The van der Waals surface area contributed by atoms with Crippen molar-refractivity contribution >= 4 is 16.9 Å². The van der Waals surface area contributed by atoms with E-state index >= 15 is 0 Å². The second-order valence-corrected chi connectivity index (χ2v) is 7.14. The number of rotatable bonds is 6. The summed E-state index contributed by atoms with van der Waals surface area (Å²) in [6.45, 7) is 3.20. The normalized spacial score (nSPS) is 16.1. The largest absolute Gasteiger partial charge is 0.491 e. The molecule has 0 unspecified atom stereocenters. The van der Waals surface area contributed by atoms with Crippen LogP contribution in [0, 0.1) is 6.92 Å². The van der Waals surface area contributed by atoms with Crippen LogP contribution in [0.15, 0.2) is 57.7 Å². The van der Waals surface area contributed by atoms with Crippen LogP contribution in [0.5, 0.6) is 5.75 Å². The Morgan fingerprint density at radius 1 is 1.14 bits per heavy atom. The van der Waals surface area contributed by atoms with Crippen molar-refractivity contribution in [3.8, 4) is 5.75 Å². The van der Waals surface area contributed by atoms with E-state index in [2.05, 4.69) is 0 Å². The molecule has 1 aromatic heterocycles. The number of carbonyl (C=O) groups excluding carboxylic acids is 1. The molecule has 1 aliphatic rings. The molecule has 6 heteroatoms. The van der Waals surface area contributed by atoms with Crippen LogP contribution in [0.4, 0.5) is 0 Å². The average molecular weight is 394 g/mol. The molecule has 1 aliphatic heterocycles. The summed E-state index contributed by atoms with van der Waals surface area (Å²) in [4.78, 5) is 24.2. The third kappa shape index (κ3) is 4.66. The van der Waals surface area contributed by atoms with Crippen molar-refractivity contribution in [1.82, 2.24) is 0 Å². The minimum Gasteiger partial charge on any atom is -0.491 e. The van der Waals surface area contributed by atoms with Crippen molar-refractivity contribution in [3.63, 3.8) is 0 Å². The summed E-state index contributed by atoms with van der Waals surface area (Å²) in [7, 11) is 0. The number of hydrogen-bond acceptors (Lipinski definition) is 6. The molecular weight excluding hydrogens is 372 g/mol. The molecule has 1 saturated heterocycles. The van der Waals surface area contributed by atoms with Crippen molar-refractivity contribution in [2.75, 3.05) is 13.2 Å². The Hall–Kier alpha value is -3.12. The van der Waals surface area contributed by atoms with Crippen LogP contribution in [-0.4, -0.2) is 25.3 Å². The molecular formula is C23H22O6. The van der Waals surface area contributed by atoms with E-state index in [1.807, 2.05) is 19.1 Å². The zero-order chi connectivity index (χ0) is 20.2. The van der Waals surface area contributed by atoms with Gasteiger partial charge >= 0.3 is 11.6 Å². The summed E-state index contributed by atoms with van der Waals surface area (Å²) in [5, 5.41) is 0.751. The minimum atomic E-state index is -0.470. The SMILES string of the molecule is Cc1ccc2c(COC(=O)c3ccc(OC[C@@H]4CCCO4)cc3)cc(=O)oc2c1. The molecule has 0 N–H and O–H groups in total. The Morgan fingerprint density at radius 2 is 1.97 bits per heavy atom. The lowest BCUT2D eigenvalue weighted by Gasteiger charge is -2.12. The van der Waals surface area contributed by atoms with Gasteiger partial charge in [-0.15, -0.1) is 0 Å². The fourth-order valence-corrected chi connectivity index (χ4v) is 3.34. The molecule has 4 rings (SSSR count). The molecule has 0 spiro atoms. The van der Waals surface area contributed by atoms with Crippen LogP contribution in [0.2, 0.25) is 0 Å². The predicted molar refractivity (Wildman–Crippen MR) is 107 cm³/mol. The van der Waals surface area contributed by atoms with Gasteiger partial charge in [0.1, 0.15) is 24.5 Å². The Labute approximate surface area is 168 Å². The second kappa shape index (κ2) is 8.49. The van der Waals surface area contributed by atoms with Gasteiger partial charge in [0.05, 0.1) is 11.7 Å². The topological polar surface area (TPSA) is 75.0 Å². The highest BCUT2D eigenvalue weighted by molar-refractivity contribution is 5.89. The standard InChI is InChI=1S/C23H22O6/c1-15-4-9-20-17(12-22(24)29-21(20)11-15)13-28-23(25)16-5-7-18(8-6-16)27-14-19-3-2-10-26-19/h4-9,11-12,19H,2-3,10,13-14H2,1H3/t19-/m0/s1. The molecule has 2 aromatic carbocycles. The van der Waals surface area contributed by atoms with E-state index in [-0.39, 0.29) is 12.7 Å². The minimum absolute atomic E-state index is 0.0126. The first kappa shape index (κ1) is 19.2. The summed E-state index contributed by atoms with van der Waals surface area (Å²) in [6.07, 6.45) is 2.22. The monoisotopic (exact) mass is 394 g/mol. The molecule has 1 atom stereocenters. The van der Waals surface area contributed by atoms with Crippen LogP contribution >= 0.6 is 0 Å². The molecule has 0 radical (unpaired) electrons. The second-order valence-electron chi connectivity index (χ2n) is 7.14. The molecule has 2 heterocycles. The van der Waals surface area contributed by atoms with Crippen LogP contribution < -0.4 is 10.4 Å². The third-order valence-corrected chi connectivity index (χ3v) is 4.89. The van der Waals surface area contributed by atoms with E-state index in [1.165, 1.54) is 6.07 Å². The van der Waals surface area contributed by atoms with Crippen LogP contribution in [0.1, 0.15) is 34.3 Å². The van der Waals surface area contributed by atoms with Gasteiger partial charge < -0.3 is 18.6 Å². The average Bonchev–Trinajstić information content (AvgIpc) is 3.24. The smallest absolute Gasteiger partial charge is 0.338 e. The number of fused-ring (bicyclic) bond motifs is 1. The van der Waals surface area contributed by atoms with E-state index in [4.69, 9.17) is 18.6 Å². The van der Waals surface area contributed by atoms with Gasteiger partial charge in [0.2, 0.25) is 0 Å². The van der Waals surface area contributed by atoms with Gasteiger partial charge in [-0.25, -0.2) is 9.59 Å². The first-order chi connectivity index (χ1) is 14.1. The van der Waals surface area contributed by atoms with E-state index in [9.17, 15) is 9.59 Å². The van der Waals surface area contributed by atoms with Crippen LogP contribution in [0.3, 0.4) is 0 Å². The first-order valence-electron chi connectivity index (χ1n) is 9.63. The molecule has 150 valence electrons. The van der Waals surface area contributed by atoms with Gasteiger partial charge in [0.25, 0.3) is 0 Å². The van der Waals surface area contributed by atoms with Gasteiger partial charge in [-0.3, -0.25) is 0 Å². The Bertz CT molecular complexity index is 1060. The zero-order valence-electron chi connectivity index (χ0n) is 16.2. The van der Waals surface area contributed by atoms with Crippen molar-refractivity contribution in [3.05, 3.63) is 75.6 Å². The van der Waals surface area contributed by atoms with Crippen molar-refractivity contribution in [1.29, 1.82) is 0 Å². The maximum atomic E-state index is 12.4. The fourth-order valence-electron chi connectivity index (χ4n) is 3.34. The van der Waals surface area contributed by atoms with E-state index in [0.29, 0.717) is 29.1 Å². The lowest BCUT2D eigenvalue weighted by atomic mass is 10.1. The lowest BCUT2D eigenvalue weighted by Crippen LogP contribution is -2.16. The quantitative estimate of drug-likeness (QED) is 0.464. The summed E-state index contributed by atoms with van der Waals surface area (Å²) >= 11 is 0. The molecule has 29 heavy (non-hydrogen) atoms. The van der Waals surface area contributed by atoms with Crippen LogP contribution in [0.25, 0.3) is 11.0 Å². The molecule has 3 aromatic rings. The summed E-state index contributed by atoms with van der Waals surface area (Å²) in [6, 6.07) is 13.7. The number of benzene rings is 2. The van der Waals surface area contributed by atoms with Crippen LogP contribution in [-0.2, 0) is 16.1 Å². The van der Waals surface area contributed by atoms with E-state index < -0.39 is 11.6 Å². The Morgan fingerprint density at radius 3 is 2.72 bits per heavy atom. The molecule has 0 aliphatic carbocycles. The maximum absolute atomic E-state index is 12.4. The highest BCUT2D eigenvalue weighted by Crippen LogP contribution is 2.20. The maximum Gasteiger partial charge on any atom is 0.338 e. The van der Waals surface area contributed by atoms with Gasteiger partial charge in [-0.1, -0.05) is 12.1 Å².